The second-order valence-electron chi connectivity index (χ2n) is 8.89. The summed E-state index contributed by atoms with van der Waals surface area (Å²) in [5.74, 6) is 0.943. The number of hydrogen-bond acceptors (Lipinski definition) is 3. The van der Waals surface area contributed by atoms with Crippen LogP contribution in [0, 0.1) is 20.8 Å². The molecule has 0 N–H and O–H groups in total. The van der Waals surface area contributed by atoms with Crippen LogP contribution in [0.2, 0.25) is 0 Å². The summed E-state index contributed by atoms with van der Waals surface area (Å²) in [4.78, 5) is 3.50. The molecule has 0 bridgehead atoms. The topological polar surface area (TPSA) is 16.4 Å². The molecule has 0 saturated heterocycles. The number of allylic oxidation sites excluding steroid dienone is 4. The Morgan fingerprint density at radius 3 is 2.53 bits per heavy atom. The Morgan fingerprint density at radius 1 is 1.06 bits per heavy atom. The van der Waals surface area contributed by atoms with Crippen LogP contribution in [0.1, 0.15) is 42.5 Å². The fraction of sp³-hybridized carbons (Fsp3) is 0.300. The van der Waals surface area contributed by atoms with Crippen LogP contribution in [0.5, 0.6) is 5.75 Å². The molecule has 1 aliphatic heterocycles. The van der Waals surface area contributed by atoms with E-state index in [2.05, 4.69) is 112 Å². The van der Waals surface area contributed by atoms with Gasteiger partial charge in [-0.1, -0.05) is 36.9 Å². The molecule has 0 saturated carbocycles. The smallest absolute Gasteiger partial charge is 0.213 e. The van der Waals surface area contributed by atoms with Crippen molar-refractivity contribution in [2.45, 2.75) is 52.5 Å². The van der Waals surface area contributed by atoms with Gasteiger partial charge in [0.05, 0.1) is 23.2 Å². The highest BCUT2D eigenvalue weighted by Crippen LogP contribution is 2.47. The van der Waals surface area contributed by atoms with E-state index >= 15 is 0 Å². The van der Waals surface area contributed by atoms with Crippen molar-refractivity contribution >= 4 is 34.4 Å². The highest BCUT2D eigenvalue weighted by molar-refractivity contribution is 8.03. The molecule has 0 radical (unpaired) electrons. The molecule has 34 heavy (non-hydrogen) atoms. The second kappa shape index (κ2) is 10.1. The van der Waals surface area contributed by atoms with Crippen molar-refractivity contribution in [1.29, 1.82) is 0 Å². The van der Waals surface area contributed by atoms with Crippen molar-refractivity contribution in [2.75, 3.05) is 19.1 Å². The Labute approximate surface area is 208 Å². The van der Waals surface area contributed by atoms with Crippen LogP contribution in [0.4, 0.5) is 5.69 Å². The Morgan fingerprint density at radius 2 is 1.82 bits per heavy atom. The van der Waals surface area contributed by atoms with Crippen LogP contribution in [0.25, 0.3) is 17.0 Å². The molecule has 0 aliphatic carbocycles. The largest absolute Gasteiger partial charge is 0.496 e. The minimum Gasteiger partial charge on any atom is -0.496 e. The zero-order valence-electron chi connectivity index (χ0n) is 21.4. The minimum atomic E-state index is 0.943. The van der Waals surface area contributed by atoms with Crippen LogP contribution in [0.15, 0.2) is 70.3 Å². The average Bonchev–Trinajstić information content (AvgIpc) is 3.13. The lowest BCUT2D eigenvalue weighted by molar-refractivity contribution is -0.667. The van der Waals surface area contributed by atoms with E-state index in [1.165, 1.54) is 48.8 Å². The van der Waals surface area contributed by atoms with Gasteiger partial charge in [0.2, 0.25) is 5.52 Å². The molecule has 0 unspecified atom stereocenters. The number of anilines is 1. The van der Waals surface area contributed by atoms with E-state index in [0.29, 0.717) is 0 Å². The average molecular weight is 472 g/mol. The van der Waals surface area contributed by atoms with Crippen LogP contribution in [-0.4, -0.2) is 14.2 Å². The molecule has 3 aromatic rings. The molecule has 4 rings (SSSR count). The van der Waals surface area contributed by atoms with Crippen LogP contribution < -0.4 is 14.2 Å². The molecule has 4 heteroatoms. The predicted molar refractivity (Wildman–Crippen MR) is 147 cm³/mol. The quantitative estimate of drug-likeness (QED) is 0.273. The van der Waals surface area contributed by atoms with Crippen molar-refractivity contribution in [2.24, 2.45) is 0 Å². The minimum absolute atomic E-state index is 0.943. The number of benzene rings is 2. The number of pyridine rings is 1. The number of methoxy groups -OCH3 is 1. The summed E-state index contributed by atoms with van der Waals surface area (Å²) in [6.07, 6.45) is 12.2. The molecular formula is C30H35N2OS+. The molecule has 0 fully saturated rings. The van der Waals surface area contributed by atoms with Gasteiger partial charge >= 0.3 is 0 Å². The van der Waals surface area contributed by atoms with Gasteiger partial charge in [0.25, 0.3) is 0 Å². The third-order valence-electron chi connectivity index (χ3n) is 6.72. The molecule has 0 spiro atoms. The van der Waals surface area contributed by atoms with Crippen molar-refractivity contribution in [3.8, 4) is 5.75 Å². The SMILES string of the molecule is CCC(C=Cc1cc[n+](CC)c2cc(C)c(C)cc12)=CC=C1Sc2cc(OC)c(C)cc2N1C. The monoisotopic (exact) mass is 471 g/mol. The lowest BCUT2D eigenvalue weighted by Crippen LogP contribution is -2.32. The second-order valence-corrected chi connectivity index (χ2v) is 9.96. The number of fused-ring (bicyclic) bond motifs is 2. The van der Waals surface area contributed by atoms with E-state index in [1.807, 2.05) is 0 Å². The maximum atomic E-state index is 5.52. The van der Waals surface area contributed by atoms with Gasteiger partial charge in [-0.3, -0.25) is 0 Å². The first-order valence-electron chi connectivity index (χ1n) is 12.0. The van der Waals surface area contributed by atoms with E-state index in [-0.39, 0.29) is 0 Å². The molecule has 0 amide bonds. The highest BCUT2D eigenvalue weighted by Gasteiger charge is 2.23. The highest BCUT2D eigenvalue weighted by atomic mass is 32.2. The van der Waals surface area contributed by atoms with E-state index < -0.39 is 0 Å². The summed E-state index contributed by atoms with van der Waals surface area (Å²) in [6, 6.07) is 11.2. The molecule has 2 heterocycles. The third-order valence-corrected chi connectivity index (χ3v) is 7.88. The zero-order valence-corrected chi connectivity index (χ0v) is 22.2. The maximum absolute atomic E-state index is 5.52. The Balaban J connectivity index is 1.63. The summed E-state index contributed by atoms with van der Waals surface area (Å²) in [7, 11) is 3.87. The third kappa shape index (κ3) is 4.65. The van der Waals surface area contributed by atoms with Gasteiger partial charge in [-0.05, 0) is 86.2 Å². The van der Waals surface area contributed by atoms with Gasteiger partial charge in [0.15, 0.2) is 6.20 Å². The molecule has 1 aromatic heterocycles. The zero-order chi connectivity index (χ0) is 24.4. The first kappa shape index (κ1) is 24.2. The van der Waals surface area contributed by atoms with Gasteiger partial charge in [0, 0.05) is 24.1 Å². The Bertz CT molecular complexity index is 1330. The van der Waals surface area contributed by atoms with Gasteiger partial charge in [-0.25, -0.2) is 0 Å². The number of hydrogen-bond donors (Lipinski definition) is 0. The van der Waals surface area contributed by atoms with Crippen LogP contribution >= 0.6 is 11.8 Å². The lowest BCUT2D eigenvalue weighted by Gasteiger charge is -2.14. The molecular weight excluding hydrogens is 436 g/mol. The van der Waals surface area contributed by atoms with Gasteiger partial charge in [-0.2, -0.15) is 4.57 Å². The van der Waals surface area contributed by atoms with E-state index in [1.54, 1.807) is 18.9 Å². The standard InChI is InChI=1S/C30H35N2OS/c1-8-23(11-13-30-31(6)27-18-22(5)28(33-7)19-29(27)34-30)10-12-24-14-15-32(9-2)26-17-21(4)20(3)16-25(24)26/h10-19H,8-9H2,1-7H3/q+1. The van der Waals surface area contributed by atoms with Gasteiger partial charge in [0.1, 0.15) is 12.3 Å². The summed E-state index contributed by atoms with van der Waals surface area (Å²) in [5, 5.41) is 2.53. The van der Waals surface area contributed by atoms with Crippen molar-refractivity contribution in [1.82, 2.24) is 0 Å². The van der Waals surface area contributed by atoms with E-state index in [9.17, 15) is 0 Å². The number of rotatable bonds is 6. The van der Waals surface area contributed by atoms with Crippen molar-refractivity contribution in [3.05, 3.63) is 87.6 Å². The van der Waals surface area contributed by atoms with Crippen molar-refractivity contribution in [3.63, 3.8) is 0 Å². The van der Waals surface area contributed by atoms with Gasteiger partial charge in [-0.15, -0.1) is 0 Å². The molecule has 0 atom stereocenters. The predicted octanol–water partition coefficient (Wildman–Crippen LogP) is 7.51. The summed E-state index contributed by atoms with van der Waals surface area (Å²) >= 11 is 1.79. The van der Waals surface area contributed by atoms with Crippen LogP contribution in [-0.2, 0) is 6.54 Å². The lowest BCUT2D eigenvalue weighted by atomic mass is 10.0. The fourth-order valence-corrected chi connectivity index (χ4v) is 5.42. The number of ether oxygens (including phenoxy) is 1. The summed E-state index contributed by atoms with van der Waals surface area (Å²) in [6.45, 7) is 11.9. The molecule has 3 nitrogen and oxygen atoms in total. The van der Waals surface area contributed by atoms with Crippen molar-refractivity contribution < 1.29 is 9.30 Å². The molecule has 176 valence electrons. The van der Waals surface area contributed by atoms with Crippen LogP contribution in [0.3, 0.4) is 0 Å². The first-order chi connectivity index (χ1) is 16.4. The number of thioether (sulfide) groups is 1. The van der Waals surface area contributed by atoms with Gasteiger partial charge < -0.3 is 9.64 Å². The maximum Gasteiger partial charge on any atom is 0.213 e. The normalized spacial score (nSPS) is 15.1. The number of aromatic nitrogens is 1. The summed E-state index contributed by atoms with van der Waals surface area (Å²) < 4.78 is 7.84. The first-order valence-corrected chi connectivity index (χ1v) is 12.8. The fourth-order valence-electron chi connectivity index (χ4n) is 4.36. The Kier molecular flexibility index (Phi) is 7.18. The van der Waals surface area contributed by atoms with E-state index in [4.69, 9.17) is 4.74 Å². The number of nitrogens with zero attached hydrogens (tertiary/aromatic N) is 2. The Hall–Kier alpha value is -2.98. The molecule has 2 aromatic carbocycles. The number of aryl methyl sites for hydroxylation is 4. The summed E-state index contributed by atoms with van der Waals surface area (Å²) in [5.41, 5.74) is 8.93. The van der Waals surface area contributed by atoms with E-state index in [0.717, 1.165) is 24.3 Å². The molecule has 1 aliphatic rings.